The van der Waals surface area contributed by atoms with Crippen molar-refractivity contribution < 1.29 is 4.39 Å². The Morgan fingerprint density at radius 3 is 2.89 bits per heavy atom. The molecule has 9 heteroatoms. The molecule has 1 atom stereocenters. The summed E-state index contributed by atoms with van der Waals surface area (Å²) in [7, 11) is 0. The molecular formula is C19H16FN7O. The van der Waals surface area contributed by atoms with Crippen molar-refractivity contribution in [1.82, 2.24) is 29.5 Å². The molecule has 0 aliphatic rings. The van der Waals surface area contributed by atoms with Crippen LogP contribution < -0.4 is 11.0 Å². The van der Waals surface area contributed by atoms with E-state index in [0.717, 1.165) is 16.9 Å². The Hall–Kier alpha value is -3.75. The third-order valence-corrected chi connectivity index (χ3v) is 4.74. The van der Waals surface area contributed by atoms with Crippen molar-refractivity contribution in [3.63, 3.8) is 0 Å². The molecule has 5 rings (SSSR count). The maximum Gasteiger partial charge on any atom is 0.348 e. The van der Waals surface area contributed by atoms with Gasteiger partial charge in [0.05, 0.1) is 22.1 Å². The molecule has 0 aliphatic carbocycles. The summed E-state index contributed by atoms with van der Waals surface area (Å²) >= 11 is 0. The van der Waals surface area contributed by atoms with E-state index in [2.05, 4.69) is 30.5 Å². The molecule has 8 nitrogen and oxygen atoms in total. The Balaban J connectivity index is 1.50. The molecular weight excluding hydrogens is 361 g/mol. The second kappa shape index (κ2) is 6.15. The van der Waals surface area contributed by atoms with Gasteiger partial charge in [-0.15, -0.1) is 5.10 Å². The molecule has 0 amide bonds. The first-order valence-corrected chi connectivity index (χ1v) is 8.85. The quantitative estimate of drug-likeness (QED) is 0.447. The van der Waals surface area contributed by atoms with Crippen LogP contribution >= 0.6 is 0 Å². The zero-order valence-corrected chi connectivity index (χ0v) is 14.9. The van der Waals surface area contributed by atoms with E-state index >= 15 is 0 Å². The van der Waals surface area contributed by atoms with Gasteiger partial charge in [-0.05, 0) is 24.3 Å². The molecule has 3 N–H and O–H groups in total. The first-order valence-electron chi connectivity index (χ1n) is 8.85. The van der Waals surface area contributed by atoms with E-state index in [1.54, 1.807) is 0 Å². The lowest BCUT2D eigenvalue weighted by Gasteiger charge is -2.12. The molecule has 28 heavy (non-hydrogen) atoms. The maximum absolute atomic E-state index is 13.6. The van der Waals surface area contributed by atoms with E-state index in [0.29, 0.717) is 29.0 Å². The summed E-state index contributed by atoms with van der Waals surface area (Å²) in [5, 5.41) is 9.68. The summed E-state index contributed by atoms with van der Waals surface area (Å²) in [5.41, 5.74) is 2.63. The van der Waals surface area contributed by atoms with Gasteiger partial charge in [0.15, 0.2) is 5.82 Å². The number of nitrogens with one attached hydrogen (secondary N) is 3. The van der Waals surface area contributed by atoms with Gasteiger partial charge < -0.3 is 10.3 Å². The van der Waals surface area contributed by atoms with Crippen LogP contribution in [0.5, 0.6) is 0 Å². The monoisotopic (exact) mass is 377 g/mol. The summed E-state index contributed by atoms with van der Waals surface area (Å²) in [4.78, 5) is 24.6. The lowest BCUT2D eigenvalue weighted by atomic mass is 10.1. The van der Waals surface area contributed by atoms with Gasteiger partial charge >= 0.3 is 5.69 Å². The van der Waals surface area contributed by atoms with Gasteiger partial charge in [0.2, 0.25) is 5.65 Å². The van der Waals surface area contributed by atoms with E-state index in [1.807, 2.05) is 31.2 Å². The number of hydrogen-bond acceptors (Lipinski definition) is 5. The topological polar surface area (TPSA) is 104 Å². The highest BCUT2D eigenvalue weighted by Crippen LogP contribution is 2.22. The summed E-state index contributed by atoms with van der Waals surface area (Å²) in [5.74, 6) is 0.916. The average Bonchev–Trinajstić information content (AvgIpc) is 3.30. The maximum atomic E-state index is 13.6. The first kappa shape index (κ1) is 16.4. The molecule has 0 spiro atoms. The third kappa shape index (κ3) is 2.59. The van der Waals surface area contributed by atoms with E-state index in [9.17, 15) is 9.18 Å². The number of rotatable bonds is 4. The number of fused-ring (bicyclic) bond motifs is 4. The summed E-state index contributed by atoms with van der Waals surface area (Å²) in [6.45, 7) is 2.56. The molecule has 3 heterocycles. The zero-order chi connectivity index (χ0) is 19.3. The number of benzene rings is 2. The smallest absolute Gasteiger partial charge is 0.348 e. The van der Waals surface area contributed by atoms with Gasteiger partial charge in [0.1, 0.15) is 11.6 Å². The van der Waals surface area contributed by atoms with Crippen LogP contribution in [0.3, 0.4) is 0 Å². The molecule has 0 aliphatic heterocycles. The standard InChI is InChI=1S/C19H16FN7O/c1-10(16-22-12-4-2-3-5-13(12)23-16)9-21-17-18-25-26-19(28)27(18)15-8-11(20)6-7-14(15)24-17/h2-8,10H,9H2,1H3,(H,21,24)(H,22,23)(H,26,28). The SMILES string of the molecule is CC(CNc1nc2ccc(F)cc2n2c(=O)[nH]nc12)c1nc2ccccc2[nH]1. The molecule has 0 saturated heterocycles. The van der Waals surface area contributed by atoms with Crippen molar-refractivity contribution >= 4 is 33.5 Å². The second-order valence-corrected chi connectivity index (χ2v) is 6.70. The van der Waals surface area contributed by atoms with Crippen LogP contribution in [0.4, 0.5) is 10.2 Å². The van der Waals surface area contributed by atoms with Crippen molar-refractivity contribution in [3.8, 4) is 0 Å². The highest BCUT2D eigenvalue weighted by Gasteiger charge is 2.16. The Morgan fingerprint density at radius 1 is 1.18 bits per heavy atom. The predicted molar refractivity (Wildman–Crippen MR) is 104 cm³/mol. The minimum Gasteiger partial charge on any atom is -0.366 e. The summed E-state index contributed by atoms with van der Waals surface area (Å²) in [6.07, 6.45) is 0. The van der Waals surface area contributed by atoms with Gasteiger partial charge in [-0.25, -0.2) is 28.7 Å². The number of hydrogen-bond donors (Lipinski definition) is 3. The van der Waals surface area contributed by atoms with Crippen LogP contribution in [-0.2, 0) is 0 Å². The van der Waals surface area contributed by atoms with E-state index in [4.69, 9.17) is 0 Å². The number of H-pyrrole nitrogens is 2. The summed E-state index contributed by atoms with van der Waals surface area (Å²) < 4.78 is 15.0. The fourth-order valence-corrected chi connectivity index (χ4v) is 3.29. The fourth-order valence-electron chi connectivity index (χ4n) is 3.29. The van der Waals surface area contributed by atoms with Gasteiger partial charge in [-0.3, -0.25) is 0 Å². The number of anilines is 1. The van der Waals surface area contributed by atoms with Crippen LogP contribution in [0.1, 0.15) is 18.7 Å². The molecule has 0 fully saturated rings. The number of imidazole rings is 1. The fraction of sp³-hybridized carbons (Fsp3) is 0.158. The van der Waals surface area contributed by atoms with Crippen molar-refractivity contribution in [2.45, 2.75) is 12.8 Å². The Morgan fingerprint density at radius 2 is 2.04 bits per heavy atom. The number of aromatic amines is 2. The average molecular weight is 377 g/mol. The number of aromatic nitrogens is 6. The normalized spacial score (nSPS) is 12.8. The predicted octanol–water partition coefficient (Wildman–Crippen LogP) is 2.80. The Labute approximate surface area is 157 Å². The first-order chi connectivity index (χ1) is 13.6. The number of nitrogens with zero attached hydrogens (tertiary/aromatic N) is 4. The van der Waals surface area contributed by atoms with Crippen LogP contribution in [0.25, 0.3) is 27.7 Å². The largest absolute Gasteiger partial charge is 0.366 e. The number of halogens is 1. The minimum atomic E-state index is -0.443. The molecule has 0 radical (unpaired) electrons. The van der Waals surface area contributed by atoms with Crippen LogP contribution in [0, 0.1) is 5.82 Å². The van der Waals surface area contributed by atoms with Gasteiger partial charge in [0.25, 0.3) is 0 Å². The highest BCUT2D eigenvalue weighted by atomic mass is 19.1. The van der Waals surface area contributed by atoms with Gasteiger partial charge in [-0.1, -0.05) is 19.1 Å². The summed E-state index contributed by atoms with van der Waals surface area (Å²) in [6, 6.07) is 12.0. The van der Waals surface area contributed by atoms with E-state index in [-0.39, 0.29) is 5.92 Å². The lowest BCUT2D eigenvalue weighted by Crippen LogP contribution is -2.15. The van der Waals surface area contributed by atoms with Crippen molar-refractivity contribution in [2.75, 3.05) is 11.9 Å². The van der Waals surface area contributed by atoms with Crippen molar-refractivity contribution in [3.05, 3.63) is 64.6 Å². The zero-order valence-electron chi connectivity index (χ0n) is 14.9. The second-order valence-electron chi connectivity index (χ2n) is 6.70. The van der Waals surface area contributed by atoms with Crippen molar-refractivity contribution in [2.24, 2.45) is 0 Å². The van der Waals surface area contributed by atoms with Gasteiger partial charge in [0, 0.05) is 18.5 Å². The van der Waals surface area contributed by atoms with Crippen LogP contribution in [0.15, 0.2) is 47.3 Å². The minimum absolute atomic E-state index is 0.0591. The molecule has 0 saturated carbocycles. The molecule has 3 aromatic heterocycles. The molecule has 5 aromatic rings. The molecule has 1 unspecified atom stereocenters. The van der Waals surface area contributed by atoms with E-state index in [1.165, 1.54) is 22.6 Å². The Kier molecular flexibility index (Phi) is 3.61. The van der Waals surface area contributed by atoms with Gasteiger partial charge in [-0.2, -0.15) is 0 Å². The van der Waals surface area contributed by atoms with E-state index < -0.39 is 11.5 Å². The lowest BCUT2D eigenvalue weighted by molar-refractivity contribution is 0.629. The van der Waals surface area contributed by atoms with Crippen LogP contribution in [-0.4, -0.2) is 36.1 Å². The molecule has 140 valence electrons. The highest BCUT2D eigenvalue weighted by molar-refractivity contribution is 5.82. The third-order valence-electron chi connectivity index (χ3n) is 4.74. The van der Waals surface area contributed by atoms with Crippen LogP contribution in [0.2, 0.25) is 0 Å². The molecule has 2 aromatic carbocycles. The Bertz CT molecular complexity index is 1350. The molecule has 0 bridgehead atoms. The van der Waals surface area contributed by atoms with Crippen molar-refractivity contribution in [1.29, 1.82) is 0 Å². The number of para-hydroxylation sites is 2.